The van der Waals surface area contributed by atoms with E-state index < -0.39 is 10.8 Å². The lowest BCUT2D eigenvalue weighted by molar-refractivity contribution is 0.379. The molecule has 0 aromatic carbocycles. The summed E-state index contributed by atoms with van der Waals surface area (Å²) in [4.78, 5) is 11.7. The fourth-order valence-corrected chi connectivity index (χ4v) is 1.85. The molecule has 2 unspecified atom stereocenters. The Hall–Kier alpha value is -1.44. The van der Waals surface area contributed by atoms with Gasteiger partial charge in [0.1, 0.15) is 0 Å². The van der Waals surface area contributed by atoms with Crippen molar-refractivity contribution in [2.24, 2.45) is 0 Å². The van der Waals surface area contributed by atoms with Gasteiger partial charge in [-0.2, -0.15) is 15.0 Å². The van der Waals surface area contributed by atoms with Gasteiger partial charge in [-0.3, -0.25) is 4.21 Å². The Bertz CT molecular complexity index is 401. The summed E-state index contributed by atoms with van der Waals surface area (Å²) in [6.45, 7) is 1.96. The largest absolute Gasteiger partial charge is 0.467 e. The number of anilines is 2. The van der Waals surface area contributed by atoms with Gasteiger partial charge in [-0.15, -0.1) is 0 Å². The molecule has 1 rings (SSSR count). The Kier molecular flexibility index (Phi) is 5.08. The molecule has 1 heterocycles. The number of rotatable bonds is 6. The molecule has 0 amide bonds. The van der Waals surface area contributed by atoms with Gasteiger partial charge < -0.3 is 15.8 Å². The first kappa shape index (κ1) is 13.6. The SMILES string of the molecule is COc1nc(N)nc(NC(C)CCS(C)=O)n1. The summed E-state index contributed by atoms with van der Waals surface area (Å²) in [7, 11) is 0.663. The van der Waals surface area contributed by atoms with Crippen molar-refractivity contribution in [2.75, 3.05) is 30.2 Å². The zero-order chi connectivity index (χ0) is 12.8. The molecule has 2 atom stereocenters. The summed E-state index contributed by atoms with van der Waals surface area (Å²) in [6.07, 6.45) is 2.44. The first-order valence-electron chi connectivity index (χ1n) is 5.13. The van der Waals surface area contributed by atoms with E-state index in [0.717, 1.165) is 6.42 Å². The lowest BCUT2D eigenvalue weighted by Crippen LogP contribution is -2.20. The standard InChI is InChI=1S/C9H17N5O2S/c1-6(4-5-17(3)15)11-8-12-7(10)13-9(14-8)16-2/h6H,4-5H2,1-3H3,(H3,10,11,12,13,14). The monoisotopic (exact) mass is 259 g/mol. The van der Waals surface area contributed by atoms with Gasteiger partial charge >= 0.3 is 6.01 Å². The zero-order valence-corrected chi connectivity index (χ0v) is 11.0. The Labute approximate surface area is 103 Å². The third-order valence-corrected chi connectivity index (χ3v) is 2.84. The fraction of sp³-hybridized carbons (Fsp3) is 0.667. The summed E-state index contributed by atoms with van der Waals surface area (Å²) in [5.74, 6) is 1.10. The molecule has 0 radical (unpaired) electrons. The second-order valence-corrected chi connectivity index (χ2v) is 5.17. The van der Waals surface area contributed by atoms with Crippen LogP contribution >= 0.6 is 0 Å². The first-order chi connectivity index (χ1) is 8.01. The molecule has 0 aliphatic heterocycles. The minimum absolute atomic E-state index is 0.102. The Morgan fingerprint density at radius 2 is 2.18 bits per heavy atom. The molecule has 96 valence electrons. The maximum Gasteiger partial charge on any atom is 0.322 e. The van der Waals surface area contributed by atoms with Gasteiger partial charge in [-0.25, -0.2) is 0 Å². The summed E-state index contributed by atoms with van der Waals surface area (Å²) in [6, 6.07) is 0.275. The number of nitrogens with one attached hydrogen (secondary N) is 1. The Balaban J connectivity index is 2.61. The van der Waals surface area contributed by atoms with Crippen molar-refractivity contribution in [3.63, 3.8) is 0 Å². The number of hydrogen-bond donors (Lipinski definition) is 2. The van der Waals surface area contributed by atoms with Crippen LogP contribution in [0.15, 0.2) is 0 Å². The van der Waals surface area contributed by atoms with Crippen molar-refractivity contribution < 1.29 is 8.95 Å². The molecule has 7 nitrogen and oxygen atoms in total. The van der Waals surface area contributed by atoms with Crippen molar-refractivity contribution in [1.82, 2.24) is 15.0 Å². The zero-order valence-electron chi connectivity index (χ0n) is 10.1. The van der Waals surface area contributed by atoms with Crippen LogP contribution < -0.4 is 15.8 Å². The predicted molar refractivity (Wildman–Crippen MR) is 67.4 cm³/mol. The summed E-state index contributed by atoms with van der Waals surface area (Å²) < 4.78 is 15.8. The normalized spacial score (nSPS) is 14.1. The van der Waals surface area contributed by atoms with Crippen LogP contribution in [0.1, 0.15) is 13.3 Å². The van der Waals surface area contributed by atoms with Crippen LogP contribution in [0.25, 0.3) is 0 Å². The van der Waals surface area contributed by atoms with E-state index in [4.69, 9.17) is 10.5 Å². The van der Waals surface area contributed by atoms with Gasteiger partial charge in [0.05, 0.1) is 7.11 Å². The van der Waals surface area contributed by atoms with Gasteiger partial charge in [-0.05, 0) is 13.3 Å². The van der Waals surface area contributed by atoms with E-state index in [1.54, 1.807) is 6.26 Å². The number of ether oxygens (including phenoxy) is 1. The molecule has 1 aromatic heterocycles. The number of nitrogens with zero attached hydrogens (tertiary/aromatic N) is 3. The average Bonchev–Trinajstić information content (AvgIpc) is 2.25. The van der Waals surface area contributed by atoms with Gasteiger partial charge in [0, 0.05) is 28.9 Å². The molecule has 0 spiro atoms. The molecular weight excluding hydrogens is 242 g/mol. The highest BCUT2D eigenvalue weighted by atomic mass is 32.2. The predicted octanol–water partition coefficient (Wildman–Crippen LogP) is 0.0314. The number of nitrogens with two attached hydrogens (primary N) is 1. The van der Waals surface area contributed by atoms with E-state index in [2.05, 4.69) is 20.3 Å². The molecule has 0 aliphatic carbocycles. The lowest BCUT2D eigenvalue weighted by Gasteiger charge is -2.13. The van der Waals surface area contributed by atoms with Crippen molar-refractivity contribution >= 4 is 22.7 Å². The number of nitrogen functional groups attached to an aromatic ring is 1. The van der Waals surface area contributed by atoms with E-state index >= 15 is 0 Å². The van der Waals surface area contributed by atoms with Crippen LogP contribution in [0, 0.1) is 0 Å². The van der Waals surface area contributed by atoms with E-state index in [9.17, 15) is 4.21 Å². The van der Waals surface area contributed by atoms with E-state index in [0.29, 0.717) is 11.7 Å². The highest BCUT2D eigenvalue weighted by molar-refractivity contribution is 7.84. The van der Waals surface area contributed by atoms with Gasteiger partial charge in [0.15, 0.2) is 0 Å². The van der Waals surface area contributed by atoms with Crippen LogP contribution in [0.4, 0.5) is 11.9 Å². The molecule has 0 saturated carbocycles. The molecule has 1 aromatic rings. The van der Waals surface area contributed by atoms with Crippen LogP contribution in [-0.2, 0) is 10.8 Å². The summed E-state index contributed by atoms with van der Waals surface area (Å²) >= 11 is 0. The lowest BCUT2D eigenvalue weighted by atomic mass is 10.3. The van der Waals surface area contributed by atoms with E-state index in [1.807, 2.05) is 6.92 Å². The summed E-state index contributed by atoms with van der Waals surface area (Å²) in [5, 5.41) is 3.06. The van der Waals surface area contributed by atoms with E-state index in [-0.39, 0.29) is 18.0 Å². The van der Waals surface area contributed by atoms with Gasteiger partial charge in [0.25, 0.3) is 0 Å². The topological polar surface area (TPSA) is 103 Å². The first-order valence-corrected chi connectivity index (χ1v) is 6.86. The Morgan fingerprint density at radius 1 is 1.47 bits per heavy atom. The van der Waals surface area contributed by atoms with Crippen molar-refractivity contribution in [3.05, 3.63) is 0 Å². The van der Waals surface area contributed by atoms with Crippen LogP contribution in [0.5, 0.6) is 6.01 Å². The second kappa shape index (κ2) is 6.33. The highest BCUT2D eigenvalue weighted by Gasteiger charge is 2.08. The smallest absolute Gasteiger partial charge is 0.322 e. The molecule has 0 aliphatic rings. The Morgan fingerprint density at radius 3 is 2.76 bits per heavy atom. The third-order valence-electron chi connectivity index (χ3n) is 2.03. The highest BCUT2D eigenvalue weighted by Crippen LogP contribution is 2.10. The molecule has 0 saturated heterocycles. The van der Waals surface area contributed by atoms with Crippen LogP contribution in [-0.4, -0.2) is 44.3 Å². The van der Waals surface area contributed by atoms with Crippen molar-refractivity contribution in [1.29, 1.82) is 0 Å². The number of methoxy groups -OCH3 is 1. The maximum atomic E-state index is 11.0. The van der Waals surface area contributed by atoms with Gasteiger partial charge in [0.2, 0.25) is 11.9 Å². The molecule has 3 N–H and O–H groups in total. The molecule has 0 fully saturated rings. The molecule has 17 heavy (non-hydrogen) atoms. The summed E-state index contributed by atoms with van der Waals surface area (Å²) in [5.41, 5.74) is 5.50. The maximum absolute atomic E-state index is 11.0. The van der Waals surface area contributed by atoms with Crippen LogP contribution in [0.2, 0.25) is 0 Å². The third kappa shape index (κ3) is 4.94. The van der Waals surface area contributed by atoms with Crippen molar-refractivity contribution in [2.45, 2.75) is 19.4 Å². The number of hydrogen-bond acceptors (Lipinski definition) is 7. The van der Waals surface area contributed by atoms with Crippen LogP contribution in [0.3, 0.4) is 0 Å². The minimum atomic E-state index is -0.797. The van der Waals surface area contributed by atoms with Gasteiger partial charge in [-0.1, -0.05) is 0 Å². The minimum Gasteiger partial charge on any atom is -0.467 e. The van der Waals surface area contributed by atoms with E-state index in [1.165, 1.54) is 7.11 Å². The molecular formula is C9H17N5O2S. The van der Waals surface area contributed by atoms with Crippen molar-refractivity contribution in [3.8, 4) is 6.01 Å². The average molecular weight is 259 g/mol. The molecule has 0 bridgehead atoms. The second-order valence-electron chi connectivity index (χ2n) is 3.62. The fourth-order valence-electron chi connectivity index (χ4n) is 1.16. The number of aromatic nitrogens is 3. The quantitative estimate of drug-likeness (QED) is 0.743. The molecule has 8 heteroatoms.